The summed E-state index contributed by atoms with van der Waals surface area (Å²) >= 11 is 0. The van der Waals surface area contributed by atoms with Crippen LogP contribution in [0, 0.1) is 11.8 Å². The molecule has 0 radical (unpaired) electrons. The van der Waals surface area contributed by atoms with Crippen LogP contribution in [0.3, 0.4) is 0 Å². The summed E-state index contributed by atoms with van der Waals surface area (Å²) in [6.45, 7) is 4.55. The van der Waals surface area contributed by atoms with Crippen molar-refractivity contribution in [2.45, 2.75) is 58.0 Å². The van der Waals surface area contributed by atoms with Crippen LogP contribution in [0.15, 0.2) is 12.3 Å². The number of aliphatic hydroxyl groups is 1. The molecular formula is C15H26N2O. The smallest absolute Gasteiger partial charge is 0.0654 e. The highest BCUT2D eigenvalue weighted by atomic mass is 16.3. The first-order valence-electron chi connectivity index (χ1n) is 7.19. The fourth-order valence-electron chi connectivity index (χ4n) is 3.19. The highest BCUT2D eigenvalue weighted by Gasteiger charge is 2.35. The molecule has 3 nitrogen and oxygen atoms in total. The third-order valence-electron chi connectivity index (χ3n) is 4.57. The quantitative estimate of drug-likeness (QED) is 0.892. The van der Waals surface area contributed by atoms with Crippen LogP contribution in [-0.4, -0.2) is 20.5 Å². The summed E-state index contributed by atoms with van der Waals surface area (Å²) in [4.78, 5) is 0. The minimum absolute atomic E-state index is 0.447. The van der Waals surface area contributed by atoms with Crippen molar-refractivity contribution in [3.8, 4) is 0 Å². The summed E-state index contributed by atoms with van der Waals surface area (Å²) in [6, 6.07) is 2.05. The second-order valence-corrected chi connectivity index (χ2v) is 6.27. The van der Waals surface area contributed by atoms with E-state index in [0.717, 1.165) is 25.7 Å². The molecule has 1 N–H and O–H groups in total. The van der Waals surface area contributed by atoms with Crippen molar-refractivity contribution < 1.29 is 5.11 Å². The van der Waals surface area contributed by atoms with E-state index in [9.17, 15) is 5.11 Å². The Kier molecular flexibility index (Phi) is 4.10. The average Bonchev–Trinajstić information content (AvgIpc) is 2.72. The first-order chi connectivity index (χ1) is 8.50. The maximum atomic E-state index is 10.8. The van der Waals surface area contributed by atoms with Crippen molar-refractivity contribution in [3.63, 3.8) is 0 Å². The van der Waals surface area contributed by atoms with E-state index in [2.05, 4.69) is 18.9 Å². The lowest BCUT2D eigenvalue weighted by Gasteiger charge is -2.38. The Hall–Kier alpha value is -0.830. The van der Waals surface area contributed by atoms with Gasteiger partial charge in [0.15, 0.2) is 0 Å². The van der Waals surface area contributed by atoms with Gasteiger partial charge in [0.25, 0.3) is 0 Å². The van der Waals surface area contributed by atoms with E-state index >= 15 is 0 Å². The second-order valence-electron chi connectivity index (χ2n) is 6.27. The zero-order valence-corrected chi connectivity index (χ0v) is 11.9. The molecule has 0 amide bonds. The van der Waals surface area contributed by atoms with Crippen LogP contribution in [0.4, 0.5) is 0 Å². The number of hydrogen-bond donors (Lipinski definition) is 1. The standard InChI is InChI=1S/C15H26N2O/c1-12(2)13-5-4-8-15(18,11-13)9-6-14-7-10-16-17(14)3/h7,10,12-13,18H,4-6,8-9,11H2,1-3H3. The van der Waals surface area contributed by atoms with Gasteiger partial charge in [-0.25, -0.2) is 0 Å². The molecule has 1 saturated carbocycles. The molecule has 1 aromatic heterocycles. The Labute approximate surface area is 110 Å². The Balaban J connectivity index is 1.93. The zero-order chi connectivity index (χ0) is 13.2. The molecule has 2 atom stereocenters. The van der Waals surface area contributed by atoms with E-state index < -0.39 is 5.60 Å². The van der Waals surface area contributed by atoms with Gasteiger partial charge in [-0.3, -0.25) is 4.68 Å². The van der Waals surface area contributed by atoms with Crippen LogP contribution < -0.4 is 0 Å². The Bertz CT molecular complexity index is 386. The normalized spacial score (nSPS) is 28.8. The minimum atomic E-state index is -0.447. The summed E-state index contributed by atoms with van der Waals surface area (Å²) in [5.74, 6) is 1.38. The molecule has 1 aliphatic rings. The first kappa shape index (κ1) is 13.6. The molecule has 0 saturated heterocycles. The van der Waals surface area contributed by atoms with Gasteiger partial charge in [-0.05, 0) is 50.0 Å². The number of hydrogen-bond acceptors (Lipinski definition) is 2. The first-order valence-corrected chi connectivity index (χ1v) is 7.19. The topological polar surface area (TPSA) is 38.1 Å². The predicted molar refractivity (Wildman–Crippen MR) is 73.3 cm³/mol. The number of aromatic nitrogens is 2. The Morgan fingerprint density at radius 3 is 2.94 bits per heavy atom. The molecule has 2 rings (SSSR count). The van der Waals surface area contributed by atoms with E-state index in [-0.39, 0.29) is 0 Å². The van der Waals surface area contributed by atoms with Gasteiger partial charge in [-0.2, -0.15) is 5.10 Å². The van der Waals surface area contributed by atoms with Gasteiger partial charge in [0, 0.05) is 18.9 Å². The van der Waals surface area contributed by atoms with Crippen LogP contribution in [0.2, 0.25) is 0 Å². The molecule has 1 aromatic rings. The molecule has 0 bridgehead atoms. The molecule has 18 heavy (non-hydrogen) atoms. The summed E-state index contributed by atoms with van der Waals surface area (Å²) < 4.78 is 1.91. The molecular weight excluding hydrogens is 224 g/mol. The average molecular weight is 250 g/mol. The van der Waals surface area contributed by atoms with Gasteiger partial charge in [0.1, 0.15) is 0 Å². The van der Waals surface area contributed by atoms with Crippen LogP contribution in [0.5, 0.6) is 0 Å². The highest BCUT2D eigenvalue weighted by Crippen LogP contribution is 2.38. The fraction of sp³-hybridized carbons (Fsp3) is 0.800. The minimum Gasteiger partial charge on any atom is -0.390 e. The Morgan fingerprint density at radius 2 is 2.33 bits per heavy atom. The van der Waals surface area contributed by atoms with Gasteiger partial charge < -0.3 is 5.11 Å². The monoisotopic (exact) mass is 250 g/mol. The Morgan fingerprint density at radius 1 is 1.56 bits per heavy atom. The summed E-state index contributed by atoms with van der Waals surface area (Å²) in [5.41, 5.74) is 0.771. The van der Waals surface area contributed by atoms with E-state index in [1.807, 2.05) is 24.0 Å². The molecule has 0 aromatic carbocycles. The summed E-state index contributed by atoms with van der Waals surface area (Å²) in [7, 11) is 1.97. The van der Waals surface area contributed by atoms with Crippen molar-refractivity contribution in [2.75, 3.05) is 0 Å². The maximum Gasteiger partial charge on any atom is 0.0654 e. The highest BCUT2D eigenvalue weighted by molar-refractivity contribution is 5.02. The molecule has 2 unspecified atom stereocenters. The number of aryl methyl sites for hydroxylation is 2. The molecule has 0 spiro atoms. The lowest BCUT2D eigenvalue weighted by molar-refractivity contribution is -0.0311. The van der Waals surface area contributed by atoms with Crippen molar-refractivity contribution in [3.05, 3.63) is 18.0 Å². The lowest BCUT2D eigenvalue weighted by atomic mass is 9.72. The van der Waals surface area contributed by atoms with E-state index in [4.69, 9.17) is 0 Å². The van der Waals surface area contributed by atoms with Gasteiger partial charge in [-0.15, -0.1) is 0 Å². The summed E-state index contributed by atoms with van der Waals surface area (Å²) in [5, 5.41) is 14.9. The van der Waals surface area contributed by atoms with Gasteiger partial charge in [0.05, 0.1) is 5.60 Å². The van der Waals surface area contributed by atoms with Crippen LogP contribution in [-0.2, 0) is 13.5 Å². The SMILES string of the molecule is CC(C)C1CCCC(O)(CCc2ccnn2C)C1. The molecule has 0 aliphatic heterocycles. The molecule has 1 heterocycles. The van der Waals surface area contributed by atoms with E-state index in [0.29, 0.717) is 11.8 Å². The van der Waals surface area contributed by atoms with E-state index in [1.165, 1.54) is 18.5 Å². The van der Waals surface area contributed by atoms with Crippen LogP contribution >= 0.6 is 0 Å². The van der Waals surface area contributed by atoms with Crippen LogP contribution in [0.25, 0.3) is 0 Å². The second kappa shape index (κ2) is 5.43. The van der Waals surface area contributed by atoms with Gasteiger partial charge in [-0.1, -0.05) is 20.3 Å². The van der Waals surface area contributed by atoms with E-state index in [1.54, 1.807) is 0 Å². The largest absolute Gasteiger partial charge is 0.390 e. The van der Waals surface area contributed by atoms with Crippen molar-refractivity contribution >= 4 is 0 Å². The molecule has 102 valence electrons. The van der Waals surface area contributed by atoms with Crippen molar-refractivity contribution in [1.82, 2.24) is 9.78 Å². The fourth-order valence-corrected chi connectivity index (χ4v) is 3.19. The van der Waals surface area contributed by atoms with Crippen LogP contribution in [0.1, 0.15) is 51.6 Å². The predicted octanol–water partition coefficient (Wildman–Crippen LogP) is 2.93. The third kappa shape index (κ3) is 3.14. The van der Waals surface area contributed by atoms with Gasteiger partial charge in [0.2, 0.25) is 0 Å². The maximum absolute atomic E-state index is 10.8. The third-order valence-corrected chi connectivity index (χ3v) is 4.57. The number of rotatable bonds is 4. The summed E-state index contributed by atoms with van der Waals surface area (Å²) in [6.07, 6.45) is 8.03. The van der Waals surface area contributed by atoms with Gasteiger partial charge >= 0.3 is 0 Å². The zero-order valence-electron chi connectivity index (χ0n) is 11.9. The van der Waals surface area contributed by atoms with Crippen molar-refractivity contribution in [1.29, 1.82) is 0 Å². The molecule has 3 heteroatoms. The lowest BCUT2D eigenvalue weighted by Crippen LogP contribution is -2.37. The molecule has 1 aliphatic carbocycles. The van der Waals surface area contributed by atoms with Crippen molar-refractivity contribution in [2.24, 2.45) is 18.9 Å². The molecule has 1 fully saturated rings. The number of nitrogens with zero attached hydrogens (tertiary/aromatic N) is 2.